The zero-order valence-corrected chi connectivity index (χ0v) is 20.4. The average molecular weight is 475 g/mol. The van der Waals surface area contributed by atoms with Crippen LogP contribution in [0.5, 0.6) is 0 Å². The van der Waals surface area contributed by atoms with Gasteiger partial charge in [0.25, 0.3) is 5.91 Å². The summed E-state index contributed by atoms with van der Waals surface area (Å²) in [6, 6.07) is 12.7. The molecule has 1 atom stereocenters. The van der Waals surface area contributed by atoms with E-state index in [1.54, 1.807) is 18.2 Å². The molecule has 0 spiro atoms. The Hall–Kier alpha value is -2.04. The van der Waals surface area contributed by atoms with Gasteiger partial charge in [0.1, 0.15) is 0 Å². The summed E-state index contributed by atoms with van der Waals surface area (Å²) in [5.74, 6) is -0.126. The van der Waals surface area contributed by atoms with E-state index >= 15 is 0 Å². The number of hydrogen-bond donors (Lipinski definition) is 2. The van der Waals surface area contributed by atoms with Crippen LogP contribution in [-0.2, 0) is 11.2 Å². The van der Waals surface area contributed by atoms with Crippen molar-refractivity contribution in [1.82, 2.24) is 5.32 Å². The van der Waals surface area contributed by atoms with E-state index in [1.165, 1.54) is 0 Å². The highest BCUT2D eigenvalue weighted by molar-refractivity contribution is 6.40. The Kier molecular flexibility index (Phi) is 8.61. The molecule has 0 saturated heterocycles. The van der Waals surface area contributed by atoms with Crippen molar-refractivity contribution in [2.24, 2.45) is 5.41 Å². The fraction of sp³-hybridized carbons (Fsp3) is 0.462. The molecule has 0 radical (unpaired) electrons. The number of hydrogen-bond acceptors (Lipinski definition) is 2. The number of carbonyl (C=O) groups is 2. The van der Waals surface area contributed by atoms with Crippen LogP contribution in [-0.4, -0.2) is 17.9 Å². The summed E-state index contributed by atoms with van der Waals surface area (Å²) in [7, 11) is 0. The van der Waals surface area contributed by atoms with Gasteiger partial charge in [0.15, 0.2) is 0 Å². The van der Waals surface area contributed by atoms with Crippen LogP contribution in [0, 0.1) is 5.41 Å². The van der Waals surface area contributed by atoms with Gasteiger partial charge in [0.05, 0.1) is 15.6 Å². The molecule has 1 aliphatic carbocycles. The summed E-state index contributed by atoms with van der Waals surface area (Å²) >= 11 is 12.2. The minimum absolute atomic E-state index is 0.0453. The molecule has 0 aromatic heterocycles. The largest absolute Gasteiger partial charge is 0.353 e. The third-order valence-corrected chi connectivity index (χ3v) is 7.00. The second-order valence-electron chi connectivity index (χ2n) is 8.92. The van der Waals surface area contributed by atoms with Crippen LogP contribution in [0.15, 0.2) is 42.5 Å². The van der Waals surface area contributed by atoms with E-state index in [9.17, 15) is 9.59 Å². The van der Waals surface area contributed by atoms with Gasteiger partial charge in [-0.15, -0.1) is 0 Å². The number of unbranched alkanes of at least 4 members (excludes halogenated alkanes) is 1. The monoisotopic (exact) mass is 474 g/mol. The molecule has 3 rings (SSSR count). The minimum atomic E-state index is -0.345. The molecule has 1 aliphatic rings. The lowest BCUT2D eigenvalue weighted by Crippen LogP contribution is -2.44. The SMILES string of the molecule is CCCCC1(C(=O)NC(C)Cc2ccc(NC(=O)c3c(Cl)cccc3Cl)cc2)CCCC1. The molecule has 2 aromatic carbocycles. The van der Waals surface area contributed by atoms with Crippen LogP contribution in [0.3, 0.4) is 0 Å². The van der Waals surface area contributed by atoms with Crippen molar-refractivity contribution in [3.8, 4) is 0 Å². The van der Waals surface area contributed by atoms with Crippen molar-refractivity contribution >= 4 is 40.7 Å². The lowest BCUT2D eigenvalue weighted by molar-refractivity contribution is -0.132. The normalized spacial score (nSPS) is 15.9. The maximum absolute atomic E-state index is 13.1. The van der Waals surface area contributed by atoms with E-state index in [0.29, 0.717) is 15.7 Å². The van der Waals surface area contributed by atoms with Crippen molar-refractivity contribution in [2.75, 3.05) is 5.32 Å². The first-order valence-corrected chi connectivity index (χ1v) is 12.3. The molecule has 2 aromatic rings. The van der Waals surface area contributed by atoms with Crippen LogP contribution < -0.4 is 10.6 Å². The van der Waals surface area contributed by atoms with E-state index < -0.39 is 0 Å². The van der Waals surface area contributed by atoms with E-state index in [1.807, 2.05) is 24.3 Å². The molecule has 32 heavy (non-hydrogen) atoms. The van der Waals surface area contributed by atoms with Crippen LogP contribution in [0.25, 0.3) is 0 Å². The summed E-state index contributed by atoms with van der Waals surface area (Å²) in [4.78, 5) is 25.6. The molecular weight excluding hydrogens is 443 g/mol. The zero-order chi connectivity index (χ0) is 23.1. The summed E-state index contributed by atoms with van der Waals surface area (Å²) in [6.07, 6.45) is 8.28. The van der Waals surface area contributed by atoms with Gasteiger partial charge in [0.2, 0.25) is 5.91 Å². The molecule has 172 valence electrons. The molecule has 6 heteroatoms. The Morgan fingerprint density at radius 3 is 2.25 bits per heavy atom. The predicted octanol–water partition coefficient (Wildman–Crippen LogP) is 7.04. The topological polar surface area (TPSA) is 58.2 Å². The quantitative estimate of drug-likeness (QED) is 0.409. The summed E-state index contributed by atoms with van der Waals surface area (Å²) in [6.45, 7) is 4.23. The lowest BCUT2D eigenvalue weighted by atomic mass is 9.80. The smallest absolute Gasteiger partial charge is 0.258 e. The second-order valence-corrected chi connectivity index (χ2v) is 9.73. The Morgan fingerprint density at radius 1 is 1.03 bits per heavy atom. The third-order valence-electron chi connectivity index (χ3n) is 6.37. The Bertz CT molecular complexity index is 917. The van der Waals surface area contributed by atoms with Gasteiger partial charge in [0, 0.05) is 17.1 Å². The van der Waals surface area contributed by atoms with Gasteiger partial charge in [-0.2, -0.15) is 0 Å². The lowest BCUT2D eigenvalue weighted by Gasteiger charge is -2.29. The maximum Gasteiger partial charge on any atom is 0.258 e. The highest BCUT2D eigenvalue weighted by Gasteiger charge is 2.40. The number of nitrogens with one attached hydrogen (secondary N) is 2. The number of benzene rings is 2. The molecule has 0 aliphatic heterocycles. The van der Waals surface area contributed by atoms with E-state index in [2.05, 4.69) is 24.5 Å². The van der Waals surface area contributed by atoms with E-state index in [4.69, 9.17) is 23.2 Å². The highest BCUT2D eigenvalue weighted by Crippen LogP contribution is 2.42. The Labute approximate surface area is 201 Å². The molecule has 4 nitrogen and oxygen atoms in total. The summed E-state index contributed by atoms with van der Waals surface area (Å²) < 4.78 is 0. The van der Waals surface area contributed by atoms with Crippen LogP contribution in [0.2, 0.25) is 10.0 Å². The Balaban J connectivity index is 1.57. The fourth-order valence-electron chi connectivity index (χ4n) is 4.57. The Morgan fingerprint density at radius 2 is 1.66 bits per heavy atom. The highest BCUT2D eigenvalue weighted by atomic mass is 35.5. The molecule has 0 heterocycles. The molecule has 1 fully saturated rings. The van der Waals surface area contributed by atoms with Crippen LogP contribution >= 0.6 is 23.2 Å². The third kappa shape index (κ3) is 6.05. The first-order valence-electron chi connectivity index (χ1n) is 11.5. The predicted molar refractivity (Wildman–Crippen MR) is 133 cm³/mol. The molecular formula is C26H32Cl2N2O2. The average Bonchev–Trinajstić information content (AvgIpc) is 3.24. The van der Waals surface area contributed by atoms with Crippen LogP contribution in [0.1, 0.15) is 74.7 Å². The van der Waals surface area contributed by atoms with Gasteiger partial charge in [-0.3, -0.25) is 9.59 Å². The second kappa shape index (κ2) is 11.2. The number of halogens is 2. The number of anilines is 1. The number of rotatable bonds is 9. The van der Waals surface area contributed by atoms with E-state index in [0.717, 1.165) is 56.9 Å². The van der Waals surface area contributed by atoms with Crippen molar-refractivity contribution in [3.63, 3.8) is 0 Å². The van der Waals surface area contributed by atoms with Crippen LogP contribution in [0.4, 0.5) is 5.69 Å². The van der Waals surface area contributed by atoms with Crippen molar-refractivity contribution in [1.29, 1.82) is 0 Å². The number of amides is 2. The summed E-state index contributed by atoms with van der Waals surface area (Å²) in [5.41, 5.74) is 1.86. The number of carbonyl (C=O) groups excluding carboxylic acids is 2. The van der Waals surface area contributed by atoms with Gasteiger partial charge in [-0.25, -0.2) is 0 Å². The molecule has 1 saturated carbocycles. The summed E-state index contributed by atoms with van der Waals surface area (Å²) in [5, 5.41) is 6.73. The molecule has 1 unspecified atom stereocenters. The molecule has 2 N–H and O–H groups in total. The van der Waals surface area contributed by atoms with Gasteiger partial charge < -0.3 is 10.6 Å². The van der Waals surface area contributed by atoms with Crippen molar-refractivity contribution in [3.05, 3.63) is 63.6 Å². The van der Waals surface area contributed by atoms with E-state index in [-0.39, 0.29) is 28.8 Å². The zero-order valence-electron chi connectivity index (χ0n) is 18.8. The molecule has 0 bridgehead atoms. The molecule has 2 amide bonds. The maximum atomic E-state index is 13.1. The fourth-order valence-corrected chi connectivity index (χ4v) is 5.14. The first kappa shape index (κ1) is 24.6. The van der Waals surface area contributed by atoms with Gasteiger partial charge in [-0.1, -0.05) is 74.0 Å². The van der Waals surface area contributed by atoms with Crippen molar-refractivity contribution in [2.45, 2.75) is 71.3 Å². The first-order chi connectivity index (χ1) is 15.3. The van der Waals surface area contributed by atoms with Crippen molar-refractivity contribution < 1.29 is 9.59 Å². The standard InChI is InChI=1S/C26H32Cl2N2O2/c1-3-4-14-26(15-5-6-16-26)25(32)29-18(2)17-19-10-12-20(13-11-19)30-24(31)23-21(27)8-7-9-22(23)28/h7-13,18H,3-6,14-17H2,1-2H3,(H,29,32)(H,30,31). The minimum Gasteiger partial charge on any atom is -0.353 e. The van der Waals surface area contributed by atoms with Gasteiger partial charge >= 0.3 is 0 Å². The van der Waals surface area contributed by atoms with Gasteiger partial charge in [-0.05, 0) is 62.4 Å².